The fourth-order valence-electron chi connectivity index (χ4n) is 5.39. The first-order chi connectivity index (χ1) is 17.3. The van der Waals surface area contributed by atoms with Gasteiger partial charge in [-0.25, -0.2) is 0 Å². The third-order valence-electron chi connectivity index (χ3n) is 7.10. The Morgan fingerprint density at radius 2 is 1.86 bits per heavy atom. The summed E-state index contributed by atoms with van der Waals surface area (Å²) < 4.78 is 6.18. The van der Waals surface area contributed by atoms with Crippen molar-refractivity contribution in [2.24, 2.45) is 0 Å². The van der Waals surface area contributed by atoms with Gasteiger partial charge in [0, 0.05) is 25.7 Å². The molecule has 1 saturated heterocycles. The van der Waals surface area contributed by atoms with Crippen molar-refractivity contribution in [2.75, 3.05) is 6.61 Å². The molecule has 36 heavy (non-hydrogen) atoms. The number of aromatic hydroxyl groups is 1. The fraction of sp³-hybridized carbons (Fsp3) is 0.448. The zero-order valence-corrected chi connectivity index (χ0v) is 22.4. The highest BCUT2D eigenvalue weighted by Crippen LogP contribution is 2.43. The molecule has 6 nitrogen and oxygen atoms in total. The van der Waals surface area contributed by atoms with E-state index < -0.39 is 20.2 Å². The third-order valence-corrected chi connectivity index (χ3v) is 8.57. The molecular weight excluding hydrogens is 464 g/mol. The lowest BCUT2D eigenvalue weighted by atomic mass is 9.80. The Kier molecular flexibility index (Phi) is 8.28. The van der Waals surface area contributed by atoms with Gasteiger partial charge in [-0.3, -0.25) is 10.2 Å². The first kappa shape index (κ1) is 26.1. The molecule has 0 aromatic heterocycles. The zero-order valence-electron chi connectivity index (χ0n) is 21.4. The van der Waals surface area contributed by atoms with E-state index in [4.69, 9.17) is 4.74 Å². The fourth-order valence-corrected chi connectivity index (χ4v) is 6.27. The quantitative estimate of drug-likeness (QED) is 0.395. The SMILES string of the molecule is C[Si](C)(C)C/C=C/C[C@@H]1N[C@@H](C#N)[C@@H]2Cc3cccc(O)c3[C@H](COCc3ccccc3)N2[C@@H]1C#N. The minimum atomic E-state index is -1.20. The van der Waals surface area contributed by atoms with E-state index in [0.29, 0.717) is 26.1 Å². The van der Waals surface area contributed by atoms with Gasteiger partial charge in [0.05, 0.1) is 31.4 Å². The number of fused-ring (bicyclic) bond motifs is 2. The molecule has 0 unspecified atom stereocenters. The monoisotopic (exact) mass is 500 g/mol. The number of hydrogen-bond acceptors (Lipinski definition) is 6. The highest BCUT2D eigenvalue weighted by molar-refractivity contribution is 6.76. The van der Waals surface area contributed by atoms with Crippen LogP contribution in [0, 0.1) is 22.7 Å². The number of phenolic OH excluding ortho intramolecular Hbond substituents is 1. The maximum Gasteiger partial charge on any atom is 0.120 e. The molecule has 0 spiro atoms. The molecule has 0 aliphatic carbocycles. The molecule has 2 heterocycles. The number of nitriles is 2. The van der Waals surface area contributed by atoms with Crippen molar-refractivity contribution in [3.05, 3.63) is 77.4 Å². The number of piperazine rings is 1. The lowest BCUT2D eigenvalue weighted by Crippen LogP contribution is -2.69. The molecule has 0 radical (unpaired) electrons. The van der Waals surface area contributed by atoms with Crippen molar-refractivity contribution in [3.63, 3.8) is 0 Å². The van der Waals surface area contributed by atoms with Crippen LogP contribution >= 0.6 is 0 Å². The molecule has 2 aromatic carbocycles. The molecule has 2 aromatic rings. The Bertz CT molecular complexity index is 1150. The number of rotatable bonds is 8. The van der Waals surface area contributed by atoms with E-state index in [9.17, 15) is 15.6 Å². The van der Waals surface area contributed by atoms with Gasteiger partial charge in [0.25, 0.3) is 0 Å². The van der Waals surface area contributed by atoms with Crippen LogP contribution in [0.15, 0.2) is 60.7 Å². The molecule has 5 atom stereocenters. The first-order valence-electron chi connectivity index (χ1n) is 12.7. The molecule has 0 bridgehead atoms. The smallest absolute Gasteiger partial charge is 0.120 e. The second kappa shape index (κ2) is 11.4. The molecular formula is C29H36N4O2Si. The predicted molar refractivity (Wildman–Crippen MR) is 144 cm³/mol. The summed E-state index contributed by atoms with van der Waals surface area (Å²) in [5, 5.41) is 34.8. The van der Waals surface area contributed by atoms with E-state index in [2.05, 4.69) is 54.1 Å². The van der Waals surface area contributed by atoms with Gasteiger partial charge in [-0.05, 0) is 36.1 Å². The topological polar surface area (TPSA) is 92.3 Å². The Morgan fingerprint density at radius 1 is 1.08 bits per heavy atom. The van der Waals surface area contributed by atoms with Crippen LogP contribution in [0.5, 0.6) is 5.75 Å². The third kappa shape index (κ3) is 5.88. The summed E-state index contributed by atoms with van der Waals surface area (Å²) in [6.45, 7) is 7.77. The van der Waals surface area contributed by atoms with E-state index in [-0.39, 0.29) is 23.9 Å². The number of phenols is 1. The Balaban J connectivity index is 1.63. The lowest BCUT2D eigenvalue weighted by molar-refractivity contribution is -0.0258. The van der Waals surface area contributed by atoms with Gasteiger partial charge in [0.2, 0.25) is 0 Å². The van der Waals surface area contributed by atoms with E-state index in [1.807, 2.05) is 42.5 Å². The normalized spacial score (nSPS) is 26.1. The minimum Gasteiger partial charge on any atom is -0.508 e. The van der Waals surface area contributed by atoms with Crippen molar-refractivity contribution in [2.45, 2.75) is 75.3 Å². The molecule has 0 saturated carbocycles. The van der Waals surface area contributed by atoms with Crippen molar-refractivity contribution in [1.82, 2.24) is 10.2 Å². The summed E-state index contributed by atoms with van der Waals surface area (Å²) >= 11 is 0. The summed E-state index contributed by atoms with van der Waals surface area (Å²) in [6.07, 6.45) is 5.66. The molecule has 2 aliphatic rings. The maximum absolute atomic E-state index is 10.9. The number of nitrogens with one attached hydrogen (secondary N) is 1. The first-order valence-corrected chi connectivity index (χ1v) is 16.4. The largest absolute Gasteiger partial charge is 0.508 e. The van der Waals surface area contributed by atoms with Gasteiger partial charge in [0.15, 0.2) is 0 Å². The van der Waals surface area contributed by atoms with Crippen molar-refractivity contribution < 1.29 is 9.84 Å². The highest BCUT2D eigenvalue weighted by atomic mass is 28.3. The van der Waals surface area contributed by atoms with Crippen molar-refractivity contribution in [1.29, 1.82) is 10.5 Å². The number of allylic oxidation sites excluding steroid dienone is 1. The van der Waals surface area contributed by atoms with Gasteiger partial charge in [-0.15, -0.1) is 0 Å². The van der Waals surface area contributed by atoms with E-state index >= 15 is 0 Å². The van der Waals surface area contributed by atoms with Crippen LogP contribution in [0.2, 0.25) is 25.7 Å². The predicted octanol–water partition coefficient (Wildman–Crippen LogP) is 4.92. The minimum absolute atomic E-state index is 0.179. The summed E-state index contributed by atoms with van der Waals surface area (Å²) in [5.41, 5.74) is 2.89. The molecule has 188 valence electrons. The van der Waals surface area contributed by atoms with Gasteiger partial charge in [0.1, 0.15) is 17.8 Å². The Labute approximate surface area is 215 Å². The maximum atomic E-state index is 10.9. The standard InChI is InChI=1S/C29H36N4O2Si/c1-36(2,3)15-8-7-13-23-26(18-31)33-25(24(17-30)32-23)16-22-12-9-14-28(34)29(22)27(33)20-35-19-21-10-5-4-6-11-21/h4-12,14,23-27,32,34H,13,15-16,19-20H2,1-3H3/b8-7+/t23-,24-,25-,26+,27-/m0/s1. The number of hydrogen-bond donors (Lipinski definition) is 2. The van der Waals surface area contributed by atoms with Crippen LogP contribution in [0.1, 0.15) is 29.2 Å². The number of benzene rings is 2. The zero-order chi connectivity index (χ0) is 25.7. The highest BCUT2D eigenvalue weighted by Gasteiger charge is 2.49. The van der Waals surface area contributed by atoms with Crippen LogP contribution in [0.25, 0.3) is 0 Å². The average Bonchev–Trinajstić information content (AvgIpc) is 2.86. The number of ether oxygens (including phenoxy) is 1. The summed E-state index contributed by atoms with van der Waals surface area (Å²) in [7, 11) is -1.20. The summed E-state index contributed by atoms with van der Waals surface area (Å²) in [5.74, 6) is 0.217. The molecule has 7 heteroatoms. The van der Waals surface area contributed by atoms with Crippen LogP contribution in [0.3, 0.4) is 0 Å². The van der Waals surface area contributed by atoms with Crippen molar-refractivity contribution >= 4 is 8.07 Å². The van der Waals surface area contributed by atoms with E-state index in [1.165, 1.54) is 0 Å². The van der Waals surface area contributed by atoms with E-state index in [0.717, 1.165) is 22.7 Å². The molecule has 0 amide bonds. The van der Waals surface area contributed by atoms with Crippen LogP contribution in [-0.4, -0.2) is 48.9 Å². The second-order valence-electron chi connectivity index (χ2n) is 11.0. The Hall–Kier alpha value is -2.94. The molecule has 2 aliphatic heterocycles. The lowest BCUT2D eigenvalue weighted by Gasteiger charge is -2.52. The van der Waals surface area contributed by atoms with Crippen LogP contribution in [-0.2, 0) is 17.8 Å². The number of nitrogens with zero attached hydrogens (tertiary/aromatic N) is 3. The van der Waals surface area contributed by atoms with Gasteiger partial charge in [-0.1, -0.05) is 74.3 Å². The molecule has 1 fully saturated rings. The van der Waals surface area contributed by atoms with Crippen molar-refractivity contribution in [3.8, 4) is 17.9 Å². The average molecular weight is 501 g/mol. The van der Waals surface area contributed by atoms with Gasteiger partial charge < -0.3 is 9.84 Å². The van der Waals surface area contributed by atoms with E-state index in [1.54, 1.807) is 6.07 Å². The van der Waals surface area contributed by atoms with Crippen LogP contribution < -0.4 is 5.32 Å². The molecule has 4 rings (SSSR count). The van der Waals surface area contributed by atoms with Gasteiger partial charge in [-0.2, -0.15) is 10.5 Å². The molecule has 2 N–H and O–H groups in total. The van der Waals surface area contributed by atoms with Gasteiger partial charge >= 0.3 is 0 Å². The second-order valence-corrected chi connectivity index (χ2v) is 16.5. The van der Waals surface area contributed by atoms with Crippen LogP contribution in [0.4, 0.5) is 0 Å². The summed E-state index contributed by atoms with van der Waals surface area (Å²) in [4.78, 5) is 2.15. The Morgan fingerprint density at radius 3 is 2.56 bits per heavy atom. The summed E-state index contributed by atoms with van der Waals surface area (Å²) in [6, 6.07) is 20.1.